The summed E-state index contributed by atoms with van der Waals surface area (Å²) in [7, 11) is 0. The minimum Gasteiger partial charge on any atom is -0.366 e. The molecule has 6 heteroatoms. The number of para-hydroxylation sites is 1. The van der Waals surface area contributed by atoms with Crippen LogP contribution in [0.2, 0.25) is 0 Å². The van der Waals surface area contributed by atoms with Gasteiger partial charge in [0.1, 0.15) is 5.82 Å². The van der Waals surface area contributed by atoms with Gasteiger partial charge < -0.3 is 15.1 Å². The molecule has 126 valence electrons. The predicted molar refractivity (Wildman–Crippen MR) is 96.6 cm³/mol. The molecule has 0 bridgehead atoms. The van der Waals surface area contributed by atoms with Crippen LogP contribution in [-0.4, -0.2) is 37.1 Å². The van der Waals surface area contributed by atoms with Gasteiger partial charge in [0.25, 0.3) is 0 Å². The van der Waals surface area contributed by atoms with Crippen molar-refractivity contribution in [2.24, 2.45) is 0 Å². The van der Waals surface area contributed by atoms with Gasteiger partial charge in [-0.1, -0.05) is 46.3 Å². The Morgan fingerprint density at radius 2 is 1.71 bits per heavy atom. The van der Waals surface area contributed by atoms with E-state index < -0.39 is 0 Å². The second kappa shape index (κ2) is 7.66. The second-order valence-electron chi connectivity index (χ2n) is 5.68. The smallest absolute Gasteiger partial charge is 0.317 e. The van der Waals surface area contributed by atoms with Crippen molar-refractivity contribution in [3.05, 3.63) is 64.4 Å². The van der Waals surface area contributed by atoms with E-state index in [9.17, 15) is 9.18 Å². The van der Waals surface area contributed by atoms with Gasteiger partial charge in [-0.25, -0.2) is 9.18 Å². The zero-order valence-corrected chi connectivity index (χ0v) is 14.8. The Morgan fingerprint density at radius 1 is 1.04 bits per heavy atom. The number of rotatable bonds is 3. The second-order valence-corrected chi connectivity index (χ2v) is 6.53. The molecule has 4 nitrogen and oxygen atoms in total. The predicted octanol–water partition coefficient (Wildman–Crippen LogP) is 3.62. The highest BCUT2D eigenvalue weighted by atomic mass is 79.9. The Hall–Kier alpha value is -2.08. The fourth-order valence-corrected chi connectivity index (χ4v) is 3.21. The molecule has 2 aromatic carbocycles. The lowest BCUT2D eigenvalue weighted by molar-refractivity contribution is 0.194. The van der Waals surface area contributed by atoms with Crippen LogP contribution in [0.3, 0.4) is 0 Å². The van der Waals surface area contributed by atoms with E-state index in [-0.39, 0.29) is 11.8 Å². The number of benzene rings is 2. The Kier molecular flexibility index (Phi) is 5.35. The SMILES string of the molecule is O=C(NCc1ccccc1Br)N1CCN(c2ccccc2F)CC1. The van der Waals surface area contributed by atoms with Crippen molar-refractivity contribution in [3.63, 3.8) is 0 Å². The molecule has 0 unspecified atom stereocenters. The first-order valence-corrected chi connectivity index (χ1v) is 8.70. The fraction of sp³-hybridized carbons (Fsp3) is 0.278. The first kappa shape index (κ1) is 16.8. The quantitative estimate of drug-likeness (QED) is 0.866. The summed E-state index contributed by atoms with van der Waals surface area (Å²) in [5.41, 5.74) is 1.64. The largest absolute Gasteiger partial charge is 0.366 e. The van der Waals surface area contributed by atoms with E-state index in [0.717, 1.165) is 10.0 Å². The first-order valence-electron chi connectivity index (χ1n) is 7.91. The van der Waals surface area contributed by atoms with Gasteiger partial charge in [0.05, 0.1) is 5.69 Å². The van der Waals surface area contributed by atoms with Crippen LogP contribution in [0.25, 0.3) is 0 Å². The molecule has 0 aliphatic carbocycles. The monoisotopic (exact) mass is 391 g/mol. The lowest BCUT2D eigenvalue weighted by Crippen LogP contribution is -2.51. The summed E-state index contributed by atoms with van der Waals surface area (Å²) in [5.74, 6) is -0.218. The average molecular weight is 392 g/mol. The molecule has 1 N–H and O–H groups in total. The average Bonchev–Trinajstić information content (AvgIpc) is 2.61. The molecule has 0 saturated carbocycles. The third-order valence-electron chi connectivity index (χ3n) is 4.15. The molecule has 3 rings (SSSR count). The van der Waals surface area contributed by atoms with Gasteiger partial charge >= 0.3 is 6.03 Å². The van der Waals surface area contributed by atoms with Crippen molar-refractivity contribution >= 4 is 27.6 Å². The fourth-order valence-electron chi connectivity index (χ4n) is 2.78. The first-order chi connectivity index (χ1) is 11.6. The lowest BCUT2D eigenvalue weighted by atomic mass is 10.2. The van der Waals surface area contributed by atoms with Crippen molar-refractivity contribution in [3.8, 4) is 0 Å². The number of urea groups is 1. The van der Waals surface area contributed by atoms with E-state index in [1.54, 1.807) is 17.0 Å². The molecule has 0 atom stereocenters. The van der Waals surface area contributed by atoms with Crippen molar-refractivity contribution in [1.82, 2.24) is 10.2 Å². The van der Waals surface area contributed by atoms with Crippen molar-refractivity contribution in [2.75, 3.05) is 31.1 Å². The van der Waals surface area contributed by atoms with Crippen molar-refractivity contribution in [1.29, 1.82) is 0 Å². The number of piperazine rings is 1. The number of carbonyl (C=O) groups is 1. The zero-order chi connectivity index (χ0) is 16.9. The molecular formula is C18H19BrFN3O. The Labute approximate surface area is 149 Å². The number of halogens is 2. The minimum absolute atomic E-state index is 0.0843. The van der Waals surface area contributed by atoms with E-state index in [0.29, 0.717) is 38.4 Å². The van der Waals surface area contributed by atoms with Gasteiger partial charge in [-0.2, -0.15) is 0 Å². The highest BCUT2D eigenvalue weighted by molar-refractivity contribution is 9.10. The van der Waals surface area contributed by atoms with Crippen LogP contribution in [0.4, 0.5) is 14.9 Å². The molecule has 1 aliphatic heterocycles. The number of nitrogens with one attached hydrogen (secondary N) is 1. The maximum Gasteiger partial charge on any atom is 0.317 e. The Morgan fingerprint density at radius 3 is 2.42 bits per heavy atom. The molecule has 1 heterocycles. The van der Waals surface area contributed by atoms with E-state index in [4.69, 9.17) is 0 Å². The van der Waals surface area contributed by atoms with Crippen molar-refractivity contribution < 1.29 is 9.18 Å². The summed E-state index contributed by atoms with van der Waals surface area (Å²) in [5, 5.41) is 2.94. The van der Waals surface area contributed by atoms with Crippen LogP contribution >= 0.6 is 15.9 Å². The third kappa shape index (κ3) is 3.87. The van der Waals surface area contributed by atoms with Crippen molar-refractivity contribution in [2.45, 2.75) is 6.54 Å². The van der Waals surface area contributed by atoms with E-state index >= 15 is 0 Å². The highest BCUT2D eigenvalue weighted by Gasteiger charge is 2.22. The van der Waals surface area contributed by atoms with Gasteiger partial charge in [-0.05, 0) is 23.8 Å². The van der Waals surface area contributed by atoms with Gasteiger partial charge in [0, 0.05) is 37.2 Å². The molecule has 2 amide bonds. The number of anilines is 1. The molecule has 1 fully saturated rings. The zero-order valence-electron chi connectivity index (χ0n) is 13.2. The summed E-state index contributed by atoms with van der Waals surface area (Å²) < 4.78 is 14.8. The van der Waals surface area contributed by atoms with Crippen LogP contribution in [-0.2, 0) is 6.54 Å². The Balaban J connectivity index is 1.52. The summed E-state index contributed by atoms with van der Waals surface area (Å²) >= 11 is 3.48. The van der Waals surface area contributed by atoms with Crippen LogP contribution in [0.5, 0.6) is 0 Å². The molecular weight excluding hydrogens is 373 g/mol. The summed E-state index contributed by atoms with van der Waals surface area (Å²) in [6.07, 6.45) is 0. The molecule has 2 aromatic rings. The van der Waals surface area contributed by atoms with Gasteiger partial charge in [-0.15, -0.1) is 0 Å². The maximum atomic E-state index is 13.8. The number of nitrogens with zero attached hydrogens (tertiary/aromatic N) is 2. The maximum absolute atomic E-state index is 13.8. The molecule has 24 heavy (non-hydrogen) atoms. The lowest BCUT2D eigenvalue weighted by Gasteiger charge is -2.36. The summed E-state index contributed by atoms with van der Waals surface area (Å²) in [4.78, 5) is 16.1. The molecule has 0 spiro atoms. The van der Waals surface area contributed by atoms with Gasteiger partial charge in [-0.3, -0.25) is 0 Å². The molecule has 0 radical (unpaired) electrons. The van der Waals surface area contributed by atoms with Crippen LogP contribution in [0.1, 0.15) is 5.56 Å². The molecule has 0 aromatic heterocycles. The standard InChI is InChI=1S/C18H19BrFN3O/c19-15-6-2-1-5-14(15)13-21-18(24)23-11-9-22(10-12-23)17-8-4-3-7-16(17)20/h1-8H,9-13H2,(H,21,24). The van der Waals surface area contributed by atoms with E-state index in [1.165, 1.54) is 6.07 Å². The normalized spacial score (nSPS) is 14.6. The van der Waals surface area contributed by atoms with Crippen LogP contribution < -0.4 is 10.2 Å². The molecule has 1 aliphatic rings. The third-order valence-corrected chi connectivity index (χ3v) is 4.92. The minimum atomic E-state index is -0.218. The topological polar surface area (TPSA) is 35.6 Å². The number of amides is 2. The highest BCUT2D eigenvalue weighted by Crippen LogP contribution is 2.20. The summed E-state index contributed by atoms with van der Waals surface area (Å²) in [6, 6.07) is 14.5. The molecule has 1 saturated heterocycles. The van der Waals surface area contributed by atoms with Crippen LogP contribution in [0, 0.1) is 5.82 Å². The number of carbonyl (C=O) groups excluding carboxylic acids is 1. The summed E-state index contributed by atoms with van der Waals surface area (Å²) in [6.45, 7) is 2.90. The number of hydrogen-bond acceptors (Lipinski definition) is 2. The van der Waals surface area contributed by atoms with E-state index in [1.807, 2.05) is 35.2 Å². The van der Waals surface area contributed by atoms with Gasteiger partial charge in [0.2, 0.25) is 0 Å². The van der Waals surface area contributed by atoms with Crippen LogP contribution in [0.15, 0.2) is 53.0 Å². The Bertz CT molecular complexity index is 717. The van der Waals surface area contributed by atoms with Gasteiger partial charge in [0.15, 0.2) is 0 Å². The number of hydrogen-bond donors (Lipinski definition) is 1. The van der Waals surface area contributed by atoms with E-state index in [2.05, 4.69) is 21.2 Å².